The van der Waals surface area contributed by atoms with Crippen LogP contribution < -0.4 is 4.73 Å². The molecule has 2 rings (SSSR count). The van der Waals surface area contributed by atoms with E-state index in [1.807, 2.05) is 6.07 Å². The van der Waals surface area contributed by atoms with Crippen LogP contribution in [0, 0.1) is 5.21 Å². The fourth-order valence-electron chi connectivity index (χ4n) is 1.32. The first kappa shape index (κ1) is 10.3. The summed E-state index contributed by atoms with van der Waals surface area (Å²) in [5, 5.41) is 12.0. The van der Waals surface area contributed by atoms with Crippen LogP contribution in [-0.4, -0.2) is 0 Å². The Balaban J connectivity index is 2.49. The fourth-order valence-corrected chi connectivity index (χ4v) is 1.83. The van der Waals surface area contributed by atoms with Crippen LogP contribution in [0.1, 0.15) is 0 Å². The lowest BCUT2D eigenvalue weighted by Crippen LogP contribution is -2.23. The van der Waals surface area contributed by atoms with E-state index in [2.05, 4.69) is 0 Å². The number of hydrogen-bond acceptors (Lipinski definition) is 1. The molecular formula is C11H7Cl2NO. The highest BCUT2D eigenvalue weighted by atomic mass is 35.5. The average Bonchev–Trinajstić information content (AvgIpc) is 2.20. The monoisotopic (exact) mass is 239 g/mol. The zero-order valence-corrected chi connectivity index (χ0v) is 9.16. The summed E-state index contributed by atoms with van der Waals surface area (Å²) >= 11 is 11.8. The summed E-state index contributed by atoms with van der Waals surface area (Å²) in [4.78, 5) is 0. The quantitative estimate of drug-likeness (QED) is 0.555. The molecule has 1 aromatic heterocycles. The Hall–Kier alpha value is -1.25. The van der Waals surface area contributed by atoms with Crippen LogP contribution in [0.15, 0.2) is 42.7 Å². The fraction of sp³-hybridized carbons (Fsp3) is 0. The minimum Gasteiger partial charge on any atom is -0.619 e. The van der Waals surface area contributed by atoms with E-state index in [-0.39, 0.29) is 0 Å². The third-order valence-corrected chi connectivity index (χ3v) is 2.59. The molecule has 0 atom stereocenters. The molecule has 0 unspecified atom stereocenters. The molecule has 0 aliphatic rings. The van der Waals surface area contributed by atoms with Crippen molar-refractivity contribution in [1.29, 1.82) is 0 Å². The van der Waals surface area contributed by atoms with E-state index in [9.17, 15) is 5.21 Å². The van der Waals surface area contributed by atoms with E-state index in [4.69, 9.17) is 23.2 Å². The van der Waals surface area contributed by atoms with Crippen LogP contribution in [0.4, 0.5) is 0 Å². The highest BCUT2D eigenvalue weighted by Crippen LogP contribution is 2.29. The van der Waals surface area contributed by atoms with E-state index in [1.165, 1.54) is 12.4 Å². The molecule has 0 radical (unpaired) electrons. The van der Waals surface area contributed by atoms with Gasteiger partial charge in [0, 0.05) is 27.7 Å². The van der Waals surface area contributed by atoms with E-state index in [0.717, 1.165) is 15.9 Å². The maximum Gasteiger partial charge on any atom is 0.180 e. The Labute approximate surface area is 97.3 Å². The first-order chi connectivity index (χ1) is 7.16. The molecule has 2 nitrogen and oxygen atoms in total. The lowest BCUT2D eigenvalue weighted by atomic mass is 10.1. The SMILES string of the molecule is [O-][n+]1ccc(-c2ccc(Cl)cc2Cl)cc1. The van der Waals surface area contributed by atoms with Crippen molar-refractivity contribution in [3.8, 4) is 11.1 Å². The first-order valence-electron chi connectivity index (χ1n) is 4.31. The molecule has 0 spiro atoms. The molecule has 1 aromatic carbocycles. The van der Waals surface area contributed by atoms with Crippen molar-refractivity contribution in [2.24, 2.45) is 0 Å². The maximum atomic E-state index is 10.9. The Kier molecular flexibility index (Phi) is 2.80. The zero-order valence-electron chi connectivity index (χ0n) is 7.65. The number of pyridine rings is 1. The van der Waals surface area contributed by atoms with E-state index < -0.39 is 0 Å². The van der Waals surface area contributed by atoms with Crippen molar-refractivity contribution in [3.63, 3.8) is 0 Å². The van der Waals surface area contributed by atoms with Crippen LogP contribution in [0.25, 0.3) is 11.1 Å². The van der Waals surface area contributed by atoms with E-state index in [1.54, 1.807) is 24.3 Å². The van der Waals surface area contributed by atoms with Gasteiger partial charge in [0.05, 0.1) is 0 Å². The smallest absolute Gasteiger partial charge is 0.180 e. The second kappa shape index (κ2) is 4.09. The normalized spacial score (nSPS) is 10.3. The van der Waals surface area contributed by atoms with E-state index >= 15 is 0 Å². The van der Waals surface area contributed by atoms with Gasteiger partial charge in [-0.05, 0) is 17.7 Å². The Morgan fingerprint density at radius 3 is 2.27 bits per heavy atom. The van der Waals surface area contributed by atoms with Crippen LogP contribution in [0.5, 0.6) is 0 Å². The van der Waals surface area contributed by atoms with Gasteiger partial charge < -0.3 is 5.21 Å². The standard InChI is InChI=1S/C11H7Cl2NO/c12-9-1-2-10(11(13)7-9)8-3-5-14(15)6-4-8/h1-7H. The summed E-state index contributed by atoms with van der Waals surface area (Å²) in [6.07, 6.45) is 2.86. The van der Waals surface area contributed by atoms with Gasteiger partial charge in [0.25, 0.3) is 0 Å². The highest BCUT2D eigenvalue weighted by Gasteiger charge is 2.04. The molecule has 0 N–H and O–H groups in total. The van der Waals surface area contributed by atoms with Crippen molar-refractivity contribution in [1.82, 2.24) is 0 Å². The summed E-state index contributed by atoms with van der Waals surface area (Å²) in [6.45, 7) is 0. The predicted molar refractivity (Wildman–Crippen MR) is 60.9 cm³/mol. The van der Waals surface area contributed by atoms with Gasteiger partial charge in [-0.15, -0.1) is 0 Å². The third-order valence-electron chi connectivity index (χ3n) is 2.04. The van der Waals surface area contributed by atoms with Gasteiger partial charge >= 0.3 is 0 Å². The van der Waals surface area contributed by atoms with Crippen molar-refractivity contribution < 1.29 is 4.73 Å². The summed E-state index contributed by atoms with van der Waals surface area (Å²) < 4.78 is 0.729. The predicted octanol–water partition coefficient (Wildman–Crippen LogP) is 3.29. The summed E-state index contributed by atoms with van der Waals surface area (Å²) in [5.41, 5.74) is 1.76. The molecule has 0 fully saturated rings. The molecule has 0 aliphatic heterocycles. The number of aromatic nitrogens is 1. The van der Waals surface area contributed by atoms with Gasteiger partial charge in [0.15, 0.2) is 12.4 Å². The molecule has 4 heteroatoms. The molecule has 0 saturated heterocycles. The van der Waals surface area contributed by atoms with Crippen LogP contribution in [0.3, 0.4) is 0 Å². The Morgan fingerprint density at radius 2 is 1.67 bits per heavy atom. The molecule has 2 aromatic rings. The van der Waals surface area contributed by atoms with Gasteiger partial charge in [-0.1, -0.05) is 29.3 Å². The number of halogens is 2. The summed E-state index contributed by atoms with van der Waals surface area (Å²) in [5.74, 6) is 0. The molecule has 0 bridgehead atoms. The largest absolute Gasteiger partial charge is 0.619 e. The Morgan fingerprint density at radius 1 is 1.00 bits per heavy atom. The average molecular weight is 240 g/mol. The van der Waals surface area contributed by atoms with Crippen molar-refractivity contribution in [3.05, 3.63) is 58.0 Å². The Bertz CT molecular complexity index is 482. The minimum absolute atomic E-state index is 0.575. The van der Waals surface area contributed by atoms with Gasteiger partial charge in [-0.2, -0.15) is 4.73 Å². The number of rotatable bonds is 1. The second-order valence-corrected chi connectivity index (χ2v) is 3.91. The maximum absolute atomic E-state index is 10.9. The van der Waals surface area contributed by atoms with Gasteiger partial charge in [0.2, 0.25) is 0 Å². The first-order valence-corrected chi connectivity index (χ1v) is 5.06. The molecule has 0 saturated carbocycles. The molecule has 0 aliphatic carbocycles. The lowest BCUT2D eigenvalue weighted by Gasteiger charge is -2.04. The topological polar surface area (TPSA) is 26.9 Å². The van der Waals surface area contributed by atoms with Crippen LogP contribution in [0.2, 0.25) is 10.0 Å². The van der Waals surface area contributed by atoms with E-state index in [0.29, 0.717) is 10.0 Å². The number of hydrogen-bond donors (Lipinski definition) is 0. The van der Waals surface area contributed by atoms with Crippen LogP contribution >= 0.6 is 23.2 Å². The lowest BCUT2D eigenvalue weighted by molar-refractivity contribution is -0.605. The second-order valence-electron chi connectivity index (χ2n) is 3.07. The summed E-state index contributed by atoms with van der Waals surface area (Å²) in [7, 11) is 0. The minimum atomic E-state index is 0.575. The van der Waals surface area contributed by atoms with Crippen molar-refractivity contribution in [2.45, 2.75) is 0 Å². The number of benzene rings is 1. The zero-order chi connectivity index (χ0) is 10.8. The number of nitrogens with zero attached hydrogens (tertiary/aromatic N) is 1. The molecular weight excluding hydrogens is 233 g/mol. The highest BCUT2D eigenvalue weighted by molar-refractivity contribution is 6.36. The van der Waals surface area contributed by atoms with Crippen molar-refractivity contribution >= 4 is 23.2 Å². The van der Waals surface area contributed by atoms with Gasteiger partial charge in [0.1, 0.15) is 0 Å². The van der Waals surface area contributed by atoms with Crippen LogP contribution in [-0.2, 0) is 0 Å². The third kappa shape index (κ3) is 2.22. The molecule has 15 heavy (non-hydrogen) atoms. The molecule has 76 valence electrons. The molecule has 0 amide bonds. The van der Waals surface area contributed by atoms with Gasteiger partial charge in [-0.25, -0.2) is 0 Å². The van der Waals surface area contributed by atoms with Gasteiger partial charge in [-0.3, -0.25) is 0 Å². The van der Waals surface area contributed by atoms with Crippen molar-refractivity contribution in [2.75, 3.05) is 0 Å². The molecule has 1 heterocycles. The summed E-state index contributed by atoms with van der Waals surface area (Å²) in [6, 6.07) is 8.69.